The summed E-state index contributed by atoms with van der Waals surface area (Å²) in [4.78, 5) is 23.4. The second-order valence-electron chi connectivity index (χ2n) is 6.82. The monoisotopic (exact) mass is 480 g/mol. The minimum atomic E-state index is -3.45. The van der Waals surface area contributed by atoms with Crippen LogP contribution in [0.15, 0.2) is 53.4 Å². The Labute approximate surface area is 184 Å². The van der Waals surface area contributed by atoms with Gasteiger partial charge in [-0.15, -0.1) is 0 Å². The topological polar surface area (TPSA) is 124 Å². The van der Waals surface area contributed by atoms with E-state index in [1.807, 2.05) is 0 Å². The van der Waals surface area contributed by atoms with Gasteiger partial charge in [-0.3, -0.25) is 14.9 Å². The minimum Gasteiger partial charge on any atom is -0.306 e. The molecule has 1 N–H and O–H groups in total. The van der Waals surface area contributed by atoms with E-state index in [1.54, 1.807) is 0 Å². The van der Waals surface area contributed by atoms with E-state index >= 15 is 0 Å². The molecule has 0 bridgehead atoms. The maximum Gasteiger partial charge on any atom is 0.288 e. The molecule has 1 amide bonds. The lowest BCUT2D eigenvalue weighted by Crippen LogP contribution is -2.17. The quantitative estimate of drug-likeness (QED) is 0.323. The first kappa shape index (κ1) is 21.9. The van der Waals surface area contributed by atoms with Crippen LogP contribution in [0.4, 0.5) is 20.3 Å². The molecule has 1 aromatic heterocycles. The molecule has 0 aliphatic carbocycles. The molecule has 4 rings (SSSR count). The van der Waals surface area contributed by atoms with E-state index in [0.29, 0.717) is 5.69 Å². The molecule has 13 heteroatoms. The number of carbonyl (C=O) groups is 1. The summed E-state index contributed by atoms with van der Waals surface area (Å²) in [6, 6.07) is 11.1. The Bertz CT molecular complexity index is 1320. The van der Waals surface area contributed by atoms with Crippen molar-refractivity contribution in [1.29, 1.82) is 0 Å². The van der Waals surface area contributed by atoms with Crippen LogP contribution < -0.4 is 5.32 Å². The van der Waals surface area contributed by atoms with Crippen molar-refractivity contribution in [3.8, 4) is 5.69 Å². The van der Waals surface area contributed by atoms with E-state index in [0.717, 1.165) is 0 Å². The molecule has 1 aliphatic heterocycles. The maximum absolute atomic E-state index is 13.0. The van der Waals surface area contributed by atoms with Crippen molar-refractivity contribution in [3.05, 3.63) is 75.5 Å². The van der Waals surface area contributed by atoms with Crippen molar-refractivity contribution in [2.45, 2.75) is 22.2 Å². The van der Waals surface area contributed by atoms with Crippen LogP contribution in [0, 0.1) is 10.1 Å². The highest BCUT2D eigenvalue weighted by molar-refractivity contribution is 7.99. The first-order chi connectivity index (χ1) is 15.1. The molecular formula is C19H14F2N4O5S2. The van der Waals surface area contributed by atoms with Gasteiger partial charge in [0.1, 0.15) is 5.82 Å². The van der Waals surface area contributed by atoms with Gasteiger partial charge in [-0.1, -0.05) is 23.9 Å². The molecule has 0 fully saturated rings. The van der Waals surface area contributed by atoms with Crippen molar-refractivity contribution in [1.82, 2.24) is 9.78 Å². The number of benzene rings is 2. The van der Waals surface area contributed by atoms with E-state index in [2.05, 4.69) is 10.4 Å². The highest BCUT2D eigenvalue weighted by atomic mass is 32.2. The summed E-state index contributed by atoms with van der Waals surface area (Å²) in [6.45, 7) is 0. The number of hydrogen-bond donors (Lipinski definition) is 1. The van der Waals surface area contributed by atoms with Crippen LogP contribution in [0.1, 0.15) is 21.6 Å². The number of amides is 1. The van der Waals surface area contributed by atoms with Gasteiger partial charge in [-0.05, 0) is 24.3 Å². The molecular weight excluding hydrogens is 466 g/mol. The van der Waals surface area contributed by atoms with Gasteiger partial charge in [-0.2, -0.15) is 13.9 Å². The molecule has 2 aromatic carbocycles. The van der Waals surface area contributed by atoms with E-state index < -0.39 is 26.4 Å². The molecule has 2 heterocycles. The summed E-state index contributed by atoms with van der Waals surface area (Å²) in [5.41, 5.74) is 0.723. The number of aromatic nitrogens is 2. The van der Waals surface area contributed by atoms with Crippen LogP contribution >= 0.6 is 11.8 Å². The van der Waals surface area contributed by atoms with Crippen molar-refractivity contribution in [3.63, 3.8) is 0 Å². The van der Waals surface area contributed by atoms with Crippen LogP contribution in [-0.2, 0) is 21.3 Å². The summed E-state index contributed by atoms with van der Waals surface area (Å²) in [7, 11) is -3.45. The third-order valence-electron chi connectivity index (χ3n) is 4.67. The molecule has 1 aliphatic rings. The van der Waals surface area contributed by atoms with Crippen molar-refractivity contribution < 1.29 is 26.9 Å². The van der Waals surface area contributed by atoms with Crippen LogP contribution in [0.3, 0.4) is 0 Å². The van der Waals surface area contributed by atoms with Crippen molar-refractivity contribution >= 4 is 39.0 Å². The van der Waals surface area contributed by atoms with Gasteiger partial charge < -0.3 is 5.32 Å². The molecule has 0 spiro atoms. The zero-order chi connectivity index (χ0) is 23.0. The van der Waals surface area contributed by atoms with Gasteiger partial charge in [0, 0.05) is 22.6 Å². The van der Waals surface area contributed by atoms with Crippen LogP contribution in [-0.4, -0.2) is 34.8 Å². The number of alkyl halides is 2. The first-order valence-electron chi connectivity index (χ1n) is 9.06. The number of nitrogens with one attached hydrogen (secondary N) is 1. The fourth-order valence-electron chi connectivity index (χ4n) is 3.30. The summed E-state index contributed by atoms with van der Waals surface area (Å²) in [6.07, 6.45) is 0. The molecule has 0 saturated carbocycles. The van der Waals surface area contributed by atoms with Crippen LogP contribution in [0.5, 0.6) is 0 Å². The number of fused-ring (bicyclic) bond motifs is 1. The Morgan fingerprint density at radius 2 is 1.84 bits per heavy atom. The van der Waals surface area contributed by atoms with Gasteiger partial charge in [0.05, 0.1) is 33.4 Å². The van der Waals surface area contributed by atoms with E-state index in [1.165, 1.54) is 53.2 Å². The Morgan fingerprint density at radius 1 is 1.16 bits per heavy atom. The number of rotatable bonds is 6. The Balaban J connectivity index is 1.75. The Morgan fingerprint density at radius 3 is 2.50 bits per heavy atom. The van der Waals surface area contributed by atoms with Crippen molar-refractivity contribution in [2.75, 3.05) is 5.32 Å². The zero-order valence-electron chi connectivity index (χ0n) is 16.1. The Hall–Kier alpha value is -3.32. The number of anilines is 1. The van der Waals surface area contributed by atoms with E-state index in [4.69, 9.17) is 0 Å². The number of nitrogens with zero attached hydrogens (tertiary/aromatic N) is 3. The number of halogens is 2. The number of nitro benzene ring substituents is 1. The fourth-order valence-corrected chi connectivity index (χ4v) is 5.43. The van der Waals surface area contributed by atoms with E-state index in [-0.39, 0.29) is 56.5 Å². The number of non-ortho nitro benzene ring substituents is 1. The van der Waals surface area contributed by atoms with Crippen molar-refractivity contribution in [2.24, 2.45) is 0 Å². The number of hydrogen-bond acceptors (Lipinski definition) is 7. The average molecular weight is 480 g/mol. The second kappa shape index (κ2) is 8.31. The number of carbonyl (C=O) groups excluding carboxylic acids is 1. The summed E-state index contributed by atoms with van der Waals surface area (Å²) in [5, 5.41) is 17.8. The third-order valence-corrected chi connectivity index (χ3v) is 6.90. The van der Waals surface area contributed by atoms with Crippen LogP contribution in [0.2, 0.25) is 0 Å². The lowest BCUT2D eigenvalue weighted by Gasteiger charge is -2.13. The largest absolute Gasteiger partial charge is 0.306 e. The molecule has 0 radical (unpaired) electrons. The molecule has 0 saturated heterocycles. The smallest absolute Gasteiger partial charge is 0.288 e. The van der Waals surface area contributed by atoms with Gasteiger partial charge in [0.2, 0.25) is 0 Å². The predicted octanol–water partition coefficient (Wildman–Crippen LogP) is 3.78. The molecule has 0 atom stereocenters. The highest BCUT2D eigenvalue weighted by Crippen LogP contribution is 2.34. The average Bonchev–Trinajstić information content (AvgIpc) is 3.20. The zero-order valence-corrected chi connectivity index (χ0v) is 17.7. The first-order valence-corrected chi connectivity index (χ1v) is 11.8. The molecule has 9 nitrogen and oxygen atoms in total. The maximum atomic E-state index is 13.0. The standard InChI is InChI=1S/C19H14F2N4O5S2/c20-19(21)31-16-4-2-1-3-13(16)18(26)22-17-14-9-32(29,30)10-15(14)23-24(17)11-5-7-12(8-6-11)25(27)28/h1-8,19H,9-10H2,(H,22,26). The van der Waals surface area contributed by atoms with Gasteiger partial charge in [0.15, 0.2) is 9.84 Å². The normalized spacial score (nSPS) is 14.3. The summed E-state index contributed by atoms with van der Waals surface area (Å²) < 4.78 is 51.2. The molecule has 166 valence electrons. The van der Waals surface area contributed by atoms with Gasteiger partial charge >= 0.3 is 0 Å². The summed E-state index contributed by atoms with van der Waals surface area (Å²) >= 11 is 0.220. The second-order valence-corrected chi connectivity index (χ2v) is 9.92. The molecule has 3 aromatic rings. The fraction of sp³-hybridized carbons (Fsp3) is 0.158. The van der Waals surface area contributed by atoms with Gasteiger partial charge in [0.25, 0.3) is 17.4 Å². The number of thioether (sulfide) groups is 1. The minimum absolute atomic E-state index is 0.0103. The molecule has 0 unspecified atom stereocenters. The summed E-state index contributed by atoms with van der Waals surface area (Å²) in [5.74, 6) is -4.05. The Kier molecular flexibility index (Phi) is 5.69. The number of sulfone groups is 1. The third kappa shape index (κ3) is 4.34. The highest BCUT2D eigenvalue weighted by Gasteiger charge is 2.33. The lowest BCUT2D eigenvalue weighted by atomic mass is 10.2. The predicted molar refractivity (Wildman–Crippen MR) is 113 cm³/mol. The molecule has 32 heavy (non-hydrogen) atoms. The van der Waals surface area contributed by atoms with Gasteiger partial charge in [-0.25, -0.2) is 13.1 Å². The SMILES string of the molecule is O=C(Nc1c2c(nn1-c1ccc([N+](=O)[O-])cc1)CS(=O)(=O)C2)c1ccccc1SC(F)F. The van der Waals surface area contributed by atoms with E-state index in [9.17, 15) is 32.1 Å². The van der Waals surface area contributed by atoms with Crippen LogP contribution in [0.25, 0.3) is 5.69 Å². The number of nitro groups is 1. The lowest BCUT2D eigenvalue weighted by molar-refractivity contribution is -0.384.